The smallest absolute Gasteiger partial charge is 0.255 e. The third-order valence-corrected chi connectivity index (χ3v) is 3.87. The summed E-state index contributed by atoms with van der Waals surface area (Å²) < 4.78 is 0. The van der Waals surface area contributed by atoms with Crippen molar-refractivity contribution < 1.29 is 4.79 Å². The number of hydrogen-bond acceptors (Lipinski definition) is 2. The molecule has 0 spiro atoms. The van der Waals surface area contributed by atoms with Crippen LogP contribution < -0.4 is 5.32 Å². The van der Waals surface area contributed by atoms with Crippen LogP contribution in [0.4, 0.5) is 5.69 Å². The maximum absolute atomic E-state index is 12.6. The van der Waals surface area contributed by atoms with E-state index in [-0.39, 0.29) is 5.91 Å². The SMILES string of the molecule is CC(C)c1cccc(C(C)C)c1NC(=O)c1cccc(C#N)c1. The van der Waals surface area contributed by atoms with E-state index in [0.29, 0.717) is 23.0 Å². The fourth-order valence-electron chi connectivity index (χ4n) is 2.61. The normalized spacial score (nSPS) is 10.7. The topological polar surface area (TPSA) is 52.9 Å². The molecule has 0 saturated heterocycles. The largest absolute Gasteiger partial charge is 0.321 e. The first-order chi connectivity index (χ1) is 10.9. The van der Waals surface area contributed by atoms with Crippen LogP contribution in [0.5, 0.6) is 0 Å². The molecule has 0 unspecified atom stereocenters. The fourth-order valence-corrected chi connectivity index (χ4v) is 2.61. The first kappa shape index (κ1) is 16.8. The Morgan fingerprint density at radius 2 is 1.57 bits per heavy atom. The highest BCUT2D eigenvalue weighted by molar-refractivity contribution is 6.05. The van der Waals surface area contributed by atoms with E-state index in [4.69, 9.17) is 5.26 Å². The van der Waals surface area contributed by atoms with Crippen LogP contribution in [0.25, 0.3) is 0 Å². The number of rotatable bonds is 4. The first-order valence-electron chi connectivity index (χ1n) is 7.88. The molecule has 3 heteroatoms. The van der Waals surface area contributed by atoms with Gasteiger partial charge in [0.1, 0.15) is 0 Å². The number of carbonyl (C=O) groups is 1. The minimum atomic E-state index is -0.183. The lowest BCUT2D eigenvalue weighted by Crippen LogP contribution is -2.16. The van der Waals surface area contributed by atoms with Gasteiger partial charge >= 0.3 is 0 Å². The van der Waals surface area contributed by atoms with E-state index in [1.165, 1.54) is 0 Å². The highest BCUT2D eigenvalue weighted by Gasteiger charge is 2.16. The summed E-state index contributed by atoms with van der Waals surface area (Å²) in [5, 5.41) is 12.0. The van der Waals surface area contributed by atoms with E-state index in [9.17, 15) is 4.79 Å². The molecule has 1 N–H and O–H groups in total. The standard InChI is InChI=1S/C20H22N2O/c1-13(2)17-9-6-10-18(14(3)4)19(17)22-20(23)16-8-5-7-15(11-16)12-21/h5-11,13-14H,1-4H3,(H,22,23). The molecule has 3 nitrogen and oxygen atoms in total. The quantitative estimate of drug-likeness (QED) is 0.858. The minimum Gasteiger partial charge on any atom is -0.321 e. The molecule has 1 amide bonds. The van der Waals surface area contributed by atoms with Crippen LogP contribution in [0, 0.1) is 11.3 Å². The zero-order chi connectivity index (χ0) is 17.0. The zero-order valence-electron chi connectivity index (χ0n) is 14.1. The van der Waals surface area contributed by atoms with E-state index in [1.807, 2.05) is 6.07 Å². The summed E-state index contributed by atoms with van der Waals surface area (Å²) in [6.45, 7) is 8.47. The van der Waals surface area contributed by atoms with Crippen LogP contribution in [0.2, 0.25) is 0 Å². The second-order valence-electron chi connectivity index (χ2n) is 6.27. The summed E-state index contributed by atoms with van der Waals surface area (Å²) in [7, 11) is 0. The van der Waals surface area contributed by atoms with Gasteiger partial charge in [0.15, 0.2) is 0 Å². The maximum Gasteiger partial charge on any atom is 0.255 e. The van der Waals surface area contributed by atoms with Gasteiger partial charge in [-0.25, -0.2) is 0 Å². The van der Waals surface area contributed by atoms with E-state index in [0.717, 1.165) is 16.8 Å². The molecule has 0 aliphatic heterocycles. The number of amides is 1. The van der Waals surface area contributed by atoms with Gasteiger partial charge in [0.25, 0.3) is 5.91 Å². The highest BCUT2D eigenvalue weighted by Crippen LogP contribution is 2.32. The van der Waals surface area contributed by atoms with Gasteiger partial charge in [0.2, 0.25) is 0 Å². The van der Waals surface area contributed by atoms with E-state index < -0.39 is 0 Å². The summed E-state index contributed by atoms with van der Waals surface area (Å²) in [5.74, 6) is 0.445. The Morgan fingerprint density at radius 3 is 2.09 bits per heavy atom. The van der Waals surface area contributed by atoms with Crippen LogP contribution in [0.1, 0.15) is 66.6 Å². The summed E-state index contributed by atoms with van der Waals surface area (Å²) in [4.78, 5) is 12.6. The van der Waals surface area contributed by atoms with Crippen LogP contribution in [0.3, 0.4) is 0 Å². The molecule has 0 saturated carbocycles. The van der Waals surface area contributed by atoms with Crippen LogP contribution in [-0.4, -0.2) is 5.91 Å². The molecule has 118 valence electrons. The molecular weight excluding hydrogens is 284 g/mol. The average Bonchev–Trinajstić information content (AvgIpc) is 2.54. The molecular formula is C20H22N2O. The lowest BCUT2D eigenvalue weighted by molar-refractivity contribution is 0.102. The van der Waals surface area contributed by atoms with Crippen molar-refractivity contribution in [3.05, 3.63) is 64.7 Å². The number of anilines is 1. The first-order valence-corrected chi connectivity index (χ1v) is 7.88. The molecule has 0 aromatic heterocycles. The Labute approximate surface area is 138 Å². The van der Waals surface area contributed by atoms with Crippen molar-refractivity contribution in [3.63, 3.8) is 0 Å². The van der Waals surface area contributed by atoms with Crippen molar-refractivity contribution in [2.75, 3.05) is 5.32 Å². The predicted molar refractivity (Wildman–Crippen MR) is 93.7 cm³/mol. The van der Waals surface area contributed by atoms with Crippen LogP contribution in [0.15, 0.2) is 42.5 Å². The van der Waals surface area contributed by atoms with E-state index in [2.05, 4.69) is 51.2 Å². The van der Waals surface area contributed by atoms with Crippen molar-refractivity contribution >= 4 is 11.6 Å². The van der Waals surface area contributed by atoms with Gasteiger partial charge in [-0.3, -0.25) is 4.79 Å². The molecule has 0 aliphatic carbocycles. The number of carbonyl (C=O) groups excluding carboxylic acids is 1. The monoisotopic (exact) mass is 306 g/mol. The Bertz CT molecular complexity index is 728. The zero-order valence-corrected chi connectivity index (χ0v) is 14.1. The summed E-state index contributed by atoms with van der Waals surface area (Å²) >= 11 is 0. The minimum absolute atomic E-state index is 0.183. The molecule has 0 heterocycles. The lowest BCUT2D eigenvalue weighted by atomic mass is 9.92. The highest BCUT2D eigenvalue weighted by atomic mass is 16.1. The molecule has 0 aliphatic rings. The Morgan fingerprint density at radius 1 is 1.00 bits per heavy atom. The van der Waals surface area contributed by atoms with Crippen molar-refractivity contribution in [2.45, 2.75) is 39.5 Å². The second-order valence-corrected chi connectivity index (χ2v) is 6.27. The molecule has 0 atom stereocenters. The third-order valence-electron chi connectivity index (χ3n) is 3.87. The summed E-state index contributed by atoms with van der Waals surface area (Å²) in [5.41, 5.74) is 4.13. The number of hydrogen-bond donors (Lipinski definition) is 1. The van der Waals surface area contributed by atoms with Crippen molar-refractivity contribution in [2.24, 2.45) is 0 Å². The van der Waals surface area contributed by atoms with Gasteiger partial charge in [-0.15, -0.1) is 0 Å². The van der Waals surface area contributed by atoms with Crippen molar-refractivity contribution in [3.8, 4) is 6.07 Å². The third kappa shape index (κ3) is 3.78. The van der Waals surface area contributed by atoms with Crippen molar-refractivity contribution in [1.29, 1.82) is 5.26 Å². The fraction of sp³-hybridized carbons (Fsp3) is 0.300. The Kier molecular flexibility index (Phi) is 5.18. The molecule has 2 aromatic rings. The predicted octanol–water partition coefficient (Wildman–Crippen LogP) is 5.06. The van der Waals surface area contributed by atoms with Gasteiger partial charge in [-0.2, -0.15) is 5.26 Å². The average molecular weight is 306 g/mol. The second kappa shape index (κ2) is 7.11. The van der Waals surface area contributed by atoms with Gasteiger partial charge < -0.3 is 5.32 Å². The molecule has 0 fully saturated rings. The summed E-state index contributed by atoms with van der Waals surface area (Å²) in [6, 6.07) is 15.0. The number of nitrogens with one attached hydrogen (secondary N) is 1. The summed E-state index contributed by atoms with van der Waals surface area (Å²) in [6.07, 6.45) is 0. The van der Waals surface area contributed by atoms with Crippen LogP contribution >= 0.6 is 0 Å². The molecule has 23 heavy (non-hydrogen) atoms. The number of para-hydroxylation sites is 1. The Hall–Kier alpha value is -2.60. The number of nitriles is 1. The molecule has 2 aromatic carbocycles. The number of benzene rings is 2. The lowest BCUT2D eigenvalue weighted by Gasteiger charge is -2.20. The molecule has 0 bridgehead atoms. The van der Waals surface area contributed by atoms with Gasteiger partial charge in [0, 0.05) is 11.3 Å². The maximum atomic E-state index is 12.6. The van der Waals surface area contributed by atoms with Gasteiger partial charge in [-0.05, 0) is 41.2 Å². The van der Waals surface area contributed by atoms with E-state index in [1.54, 1.807) is 24.3 Å². The number of nitrogens with zero attached hydrogens (tertiary/aromatic N) is 1. The molecule has 2 rings (SSSR count). The van der Waals surface area contributed by atoms with Gasteiger partial charge in [0.05, 0.1) is 11.6 Å². The van der Waals surface area contributed by atoms with Crippen LogP contribution in [-0.2, 0) is 0 Å². The Balaban J connectivity index is 2.42. The van der Waals surface area contributed by atoms with Crippen molar-refractivity contribution in [1.82, 2.24) is 0 Å². The van der Waals surface area contributed by atoms with E-state index >= 15 is 0 Å². The van der Waals surface area contributed by atoms with Gasteiger partial charge in [-0.1, -0.05) is 52.0 Å². The molecule has 0 radical (unpaired) electrons.